The second kappa shape index (κ2) is 9.95. The van der Waals surface area contributed by atoms with E-state index < -0.39 is 10.0 Å². The Kier molecular flexibility index (Phi) is 7.10. The first kappa shape index (κ1) is 22.1. The lowest BCUT2D eigenvalue weighted by atomic mass is 10.1. The van der Waals surface area contributed by atoms with E-state index >= 15 is 0 Å². The Hall–Kier alpha value is -3.58. The summed E-state index contributed by atoms with van der Waals surface area (Å²) in [5, 5.41) is 0. The zero-order valence-corrected chi connectivity index (χ0v) is 18.0. The Morgan fingerprint density at radius 3 is 2.42 bits per heavy atom. The normalized spacial score (nSPS) is 10.9. The minimum Gasteiger partial charge on any atom is -0.490 e. The van der Waals surface area contributed by atoms with Crippen molar-refractivity contribution in [2.24, 2.45) is 0 Å². The van der Waals surface area contributed by atoms with Crippen LogP contribution in [0.25, 0.3) is 0 Å². The van der Waals surface area contributed by atoms with Crippen LogP contribution in [0.3, 0.4) is 0 Å². The molecular formula is C24H24N2O4S. The summed E-state index contributed by atoms with van der Waals surface area (Å²) in [4.78, 5) is 14.6. The number of sulfonamides is 1. The maximum Gasteiger partial charge on any atom is 0.261 e. The van der Waals surface area contributed by atoms with E-state index in [1.54, 1.807) is 54.4 Å². The van der Waals surface area contributed by atoms with Crippen molar-refractivity contribution < 1.29 is 17.9 Å². The molecule has 0 aliphatic carbocycles. The molecule has 0 aliphatic rings. The lowest BCUT2D eigenvalue weighted by Crippen LogP contribution is -2.26. The Labute approximate surface area is 182 Å². The zero-order chi connectivity index (χ0) is 22.3. The van der Waals surface area contributed by atoms with Crippen molar-refractivity contribution in [1.29, 1.82) is 0 Å². The molecule has 0 heterocycles. The fraction of sp³-hybridized carbons (Fsp3) is 0.125. The molecule has 0 radical (unpaired) electrons. The molecule has 0 aromatic heterocycles. The molecule has 1 N–H and O–H groups in total. The fourth-order valence-electron chi connectivity index (χ4n) is 2.94. The summed E-state index contributed by atoms with van der Waals surface area (Å²) in [6.45, 7) is 4.45. The average molecular weight is 437 g/mol. The summed E-state index contributed by atoms with van der Waals surface area (Å²) < 4.78 is 33.0. The highest BCUT2D eigenvalue weighted by atomic mass is 32.2. The molecule has 0 spiro atoms. The number of hydrogen-bond donors (Lipinski definition) is 1. The van der Waals surface area contributed by atoms with Gasteiger partial charge in [0.15, 0.2) is 0 Å². The molecule has 0 saturated heterocycles. The van der Waals surface area contributed by atoms with Gasteiger partial charge >= 0.3 is 0 Å². The van der Waals surface area contributed by atoms with Crippen molar-refractivity contribution in [3.63, 3.8) is 0 Å². The van der Waals surface area contributed by atoms with E-state index in [9.17, 15) is 13.2 Å². The van der Waals surface area contributed by atoms with Gasteiger partial charge in [0.1, 0.15) is 12.4 Å². The van der Waals surface area contributed by atoms with Crippen LogP contribution in [0.5, 0.6) is 5.75 Å². The van der Waals surface area contributed by atoms with E-state index in [0.717, 1.165) is 11.3 Å². The number of hydrogen-bond acceptors (Lipinski definition) is 4. The van der Waals surface area contributed by atoms with Crippen molar-refractivity contribution in [3.8, 4) is 5.75 Å². The predicted molar refractivity (Wildman–Crippen MR) is 122 cm³/mol. The predicted octanol–water partition coefficient (Wildman–Crippen LogP) is 4.32. The van der Waals surface area contributed by atoms with E-state index in [2.05, 4.69) is 11.3 Å². The molecule has 3 aromatic carbocycles. The number of anilines is 1. The summed E-state index contributed by atoms with van der Waals surface area (Å²) in [5.74, 6) is 0.517. The fourth-order valence-corrected chi connectivity index (χ4v) is 4.01. The van der Waals surface area contributed by atoms with Gasteiger partial charge in [0.2, 0.25) is 0 Å². The molecule has 0 bridgehead atoms. The second-order valence-electron chi connectivity index (χ2n) is 6.90. The number of ether oxygens (including phenoxy) is 1. The third-order valence-corrected chi connectivity index (χ3v) is 5.87. The van der Waals surface area contributed by atoms with Crippen molar-refractivity contribution in [2.75, 3.05) is 18.4 Å². The molecule has 1 amide bonds. The molecule has 160 valence electrons. The van der Waals surface area contributed by atoms with Crippen LogP contribution >= 0.6 is 0 Å². The standard InChI is InChI=1S/C24H24N2O4S/c1-3-16-30-22-14-12-19(13-15-22)18-26(2)24(27)20-8-7-9-21(17-20)25-31(28,29)23-10-5-4-6-11-23/h3-15,17,25H,1,16,18H2,2H3. The molecule has 7 heteroatoms. The van der Waals surface area contributed by atoms with E-state index in [1.165, 1.54) is 18.2 Å². The van der Waals surface area contributed by atoms with Crippen molar-refractivity contribution in [1.82, 2.24) is 4.90 Å². The Bertz CT molecular complexity index is 1140. The molecule has 6 nitrogen and oxygen atoms in total. The average Bonchev–Trinajstić information content (AvgIpc) is 2.78. The quantitative estimate of drug-likeness (QED) is 0.507. The Morgan fingerprint density at radius 1 is 1.03 bits per heavy atom. The van der Waals surface area contributed by atoms with Crippen LogP contribution in [0.1, 0.15) is 15.9 Å². The highest BCUT2D eigenvalue weighted by Crippen LogP contribution is 2.19. The van der Waals surface area contributed by atoms with Crippen LogP contribution in [-0.2, 0) is 16.6 Å². The van der Waals surface area contributed by atoms with Gasteiger partial charge in [0.25, 0.3) is 15.9 Å². The number of nitrogens with zero attached hydrogens (tertiary/aromatic N) is 1. The first-order valence-electron chi connectivity index (χ1n) is 9.65. The highest BCUT2D eigenvalue weighted by Gasteiger charge is 2.16. The van der Waals surface area contributed by atoms with Gasteiger partial charge in [0.05, 0.1) is 4.90 Å². The van der Waals surface area contributed by atoms with Crippen LogP contribution in [0.4, 0.5) is 5.69 Å². The maximum atomic E-state index is 12.9. The zero-order valence-electron chi connectivity index (χ0n) is 17.2. The SMILES string of the molecule is C=CCOc1ccc(CN(C)C(=O)c2cccc(NS(=O)(=O)c3ccccc3)c2)cc1. The topological polar surface area (TPSA) is 75.7 Å². The number of nitrogens with one attached hydrogen (secondary N) is 1. The van der Waals surface area contributed by atoms with E-state index in [1.807, 2.05) is 24.3 Å². The van der Waals surface area contributed by atoms with Crippen LogP contribution in [0, 0.1) is 0 Å². The monoisotopic (exact) mass is 436 g/mol. The third kappa shape index (κ3) is 5.96. The Balaban J connectivity index is 1.68. The first-order chi connectivity index (χ1) is 14.9. The summed E-state index contributed by atoms with van der Waals surface area (Å²) in [7, 11) is -2.03. The van der Waals surface area contributed by atoms with Gasteiger partial charge < -0.3 is 9.64 Å². The number of amides is 1. The van der Waals surface area contributed by atoms with Crippen LogP contribution in [0.2, 0.25) is 0 Å². The molecule has 0 atom stereocenters. The minimum atomic E-state index is -3.73. The lowest BCUT2D eigenvalue weighted by molar-refractivity contribution is 0.0785. The highest BCUT2D eigenvalue weighted by molar-refractivity contribution is 7.92. The van der Waals surface area contributed by atoms with Crippen LogP contribution in [0.15, 0.2) is 96.4 Å². The van der Waals surface area contributed by atoms with E-state index in [0.29, 0.717) is 24.4 Å². The van der Waals surface area contributed by atoms with Gasteiger partial charge in [-0.1, -0.05) is 49.1 Å². The van der Waals surface area contributed by atoms with Crippen molar-refractivity contribution in [2.45, 2.75) is 11.4 Å². The molecule has 0 saturated carbocycles. The summed E-state index contributed by atoms with van der Waals surface area (Å²) >= 11 is 0. The third-order valence-electron chi connectivity index (χ3n) is 4.47. The second-order valence-corrected chi connectivity index (χ2v) is 8.59. The summed E-state index contributed by atoms with van der Waals surface area (Å²) in [5.41, 5.74) is 1.66. The van der Waals surface area contributed by atoms with Crippen molar-refractivity contribution in [3.05, 3.63) is 103 Å². The first-order valence-corrected chi connectivity index (χ1v) is 11.1. The van der Waals surface area contributed by atoms with Gasteiger partial charge in [-0.25, -0.2) is 8.42 Å². The van der Waals surface area contributed by atoms with Gasteiger partial charge in [-0.15, -0.1) is 0 Å². The molecule has 0 aliphatic heterocycles. The van der Waals surface area contributed by atoms with E-state index in [4.69, 9.17) is 4.74 Å². The number of carbonyl (C=O) groups excluding carboxylic acids is 1. The van der Waals surface area contributed by atoms with Gasteiger partial charge in [-0.2, -0.15) is 0 Å². The van der Waals surface area contributed by atoms with Crippen LogP contribution < -0.4 is 9.46 Å². The van der Waals surface area contributed by atoms with Crippen LogP contribution in [-0.4, -0.2) is 32.9 Å². The molecule has 0 fully saturated rings. The summed E-state index contributed by atoms with van der Waals surface area (Å²) in [6.07, 6.45) is 1.68. The largest absolute Gasteiger partial charge is 0.490 e. The molecule has 0 unspecified atom stereocenters. The van der Waals surface area contributed by atoms with Gasteiger partial charge in [-0.3, -0.25) is 9.52 Å². The lowest BCUT2D eigenvalue weighted by Gasteiger charge is -2.18. The molecule has 3 rings (SSSR count). The maximum absolute atomic E-state index is 12.9. The smallest absolute Gasteiger partial charge is 0.261 e. The van der Waals surface area contributed by atoms with E-state index in [-0.39, 0.29) is 10.8 Å². The molecule has 3 aromatic rings. The number of rotatable bonds is 9. The van der Waals surface area contributed by atoms with Gasteiger partial charge in [0, 0.05) is 24.8 Å². The minimum absolute atomic E-state index is 0.157. The molecular weight excluding hydrogens is 412 g/mol. The number of benzene rings is 3. The molecule has 31 heavy (non-hydrogen) atoms. The Morgan fingerprint density at radius 2 is 1.74 bits per heavy atom. The van der Waals surface area contributed by atoms with Gasteiger partial charge in [-0.05, 0) is 48.0 Å². The number of carbonyl (C=O) groups is 1. The van der Waals surface area contributed by atoms with Crippen molar-refractivity contribution >= 4 is 21.6 Å². The summed E-state index contributed by atoms with van der Waals surface area (Å²) in [6, 6.07) is 22.0.